The maximum absolute atomic E-state index is 5.76. The van der Waals surface area contributed by atoms with E-state index in [2.05, 4.69) is 43.4 Å². The molecule has 2 rings (SSSR count). The molecule has 0 saturated heterocycles. The molecule has 3 N–H and O–H groups in total. The van der Waals surface area contributed by atoms with Crippen LogP contribution in [0.25, 0.3) is 0 Å². The first kappa shape index (κ1) is 11.5. The van der Waals surface area contributed by atoms with Crippen LogP contribution in [0.4, 0.5) is 5.69 Å². The minimum atomic E-state index is 0.414. The van der Waals surface area contributed by atoms with E-state index in [1.807, 2.05) is 0 Å². The third kappa shape index (κ3) is 2.56. The first-order chi connectivity index (χ1) is 7.69. The number of nitrogens with one attached hydrogen (secondary N) is 1. The molecule has 0 bridgehead atoms. The van der Waals surface area contributed by atoms with Crippen LogP contribution in [0.3, 0.4) is 0 Å². The highest BCUT2D eigenvalue weighted by molar-refractivity contribution is 5.46. The van der Waals surface area contributed by atoms with Crippen LogP contribution in [0.15, 0.2) is 24.3 Å². The monoisotopic (exact) mass is 218 g/mol. The van der Waals surface area contributed by atoms with E-state index in [0.717, 1.165) is 12.8 Å². The number of hydrogen-bond donors (Lipinski definition) is 2. The number of hydrogen-bond acceptors (Lipinski definition) is 2. The smallest absolute Gasteiger partial charge is 0.0342 e. The van der Waals surface area contributed by atoms with E-state index in [4.69, 9.17) is 5.73 Å². The van der Waals surface area contributed by atoms with Crippen molar-refractivity contribution in [2.24, 2.45) is 5.73 Å². The molecule has 16 heavy (non-hydrogen) atoms. The molecule has 1 aliphatic carbocycles. The zero-order chi connectivity index (χ0) is 11.5. The highest BCUT2D eigenvalue weighted by atomic mass is 15.0. The number of benzene rings is 1. The van der Waals surface area contributed by atoms with Gasteiger partial charge in [0.2, 0.25) is 0 Å². The molecular weight excluding hydrogens is 196 g/mol. The van der Waals surface area contributed by atoms with Gasteiger partial charge in [-0.25, -0.2) is 0 Å². The Morgan fingerprint density at radius 1 is 1.31 bits per heavy atom. The maximum atomic E-state index is 5.76. The molecule has 0 aromatic heterocycles. The summed E-state index contributed by atoms with van der Waals surface area (Å²) in [6.07, 6.45) is 3.41. The van der Waals surface area contributed by atoms with E-state index in [1.165, 1.54) is 17.7 Å². The van der Waals surface area contributed by atoms with Crippen LogP contribution >= 0.6 is 0 Å². The lowest BCUT2D eigenvalue weighted by Gasteiger charge is -2.33. The van der Waals surface area contributed by atoms with Gasteiger partial charge in [0.05, 0.1) is 0 Å². The fraction of sp³-hybridized carbons (Fsp3) is 0.571. The maximum Gasteiger partial charge on any atom is 0.0342 e. The van der Waals surface area contributed by atoms with Crippen molar-refractivity contribution in [2.45, 2.75) is 51.1 Å². The molecule has 0 radical (unpaired) electrons. The summed E-state index contributed by atoms with van der Waals surface area (Å²) in [5.41, 5.74) is 8.42. The molecule has 0 spiro atoms. The zero-order valence-electron chi connectivity index (χ0n) is 10.2. The second-order valence-electron chi connectivity index (χ2n) is 5.00. The summed E-state index contributed by atoms with van der Waals surface area (Å²) >= 11 is 0. The summed E-state index contributed by atoms with van der Waals surface area (Å²) in [4.78, 5) is 0. The van der Waals surface area contributed by atoms with E-state index < -0.39 is 0 Å². The SMILES string of the molecule is CCC(C)c1ccc(NC2CC(N)C2)cc1. The van der Waals surface area contributed by atoms with Gasteiger partial charge in [-0.1, -0.05) is 26.0 Å². The van der Waals surface area contributed by atoms with Crippen molar-refractivity contribution >= 4 is 5.69 Å². The summed E-state index contributed by atoms with van der Waals surface area (Å²) < 4.78 is 0. The van der Waals surface area contributed by atoms with E-state index in [0.29, 0.717) is 18.0 Å². The summed E-state index contributed by atoms with van der Waals surface area (Å²) in [5, 5.41) is 3.51. The summed E-state index contributed by atoms with van der Waals surface area (Å²) in [7, 11) is 0. The van der Waals surface area contributed by atoms with Crippen LogP contribution in [0.1, 0.15) is 44.6 Å². The average molecular weight is 218 g/mol. The van der Waals surface area contributed by atoms with Crippen molar-refractivity contribution in [3.8, 4) is 0 Å². The average Bonchev–Trinajstić information content (AvgIpc) is 2.27. The molecular formula is C14H22N2. The predicted molar refractivity (Wildman–Crippen MR) is 69.8 cm³/mol. The van der Waals surface area contributed by atoms with E-state index in [1.54, 1.807) is 0 Å². The zero-order valence-corrected chi connectivity index (χ0v) is 10.2. The van der Waals surface area contributed by atoms with Gasteiger partial charge in [0.25, 0.3) is 0 Å². The predicted octanol–water partition coefficient (Wildman–Crippen LogP) is 3.10. The number of anilines is 1. The Morgan fingerprint density at radius 3 is 2.44 bits per heavy atom. The van der Waals surface area contributed by atoms with Crippen molar-refractivity contribution in [3.63, 3.8) is 0 Å². The second kappa shape index (κ2) is 4.88. The van der Waals surface area contributed by atoms with Crippen molar-refractivity contribution in [1.29, 1.82) is 0 Å². The minimum Gasteiger partial charge on any atom is -0.382 e. The van der Waals surface area contributed by atoms with Crippen LogP contribution in [0, 0.1) is 0 Å². The third-order valence-corrected chi connectivity index (χ3v) is 3.64. The molecule has 0 heterocycles. The van der Waals surface area contributed by atoms with Gasteiger partial charge in [0, 0.05) is 17.8 Å². The van der Waals surface area contributed by atoms with Gasteiger partial charge in [-0.2, -0.15) is 0 Å². The second-order valence-corrected chi connectivity index (χ2v) is 5.00. The molecule has 1 fully saturated rings. The standard InChI is InChI=1S/C14H22N2/c1-3-10(2)11-4-6-13(7-5-11)16-14-8-12(15)9-14/h4-7,10,12,14,16H,3,8-9,15H2,1-2H3. The molecule has 88 valence electrons. The van der Waals surface area contributed by atoms with Gasteiger partial charge in [-0.05, 0) is 42.9 Å². The first-order valence-electron chi connectivity index (χ1n) is 6.31. The first-order valence-corrected chi connectivity index (χ1v) is 6.31. The van der Waals surface area contributed by atoms with Crippen molar-refractivity contribution < 1.29 is 0 Å². The van der Waals surface area contributed by atoms with Crippen molar-refractivity contribution in [2.75, 3.05) is 5.32 Å². The topological polar surface area (TPSA) is 38.0 Å². The molecule has 0 aliphatic heterocycles. The fourth-order valence-corrected chi connectivity index (χ4v) is 2.16. The Morgan fingerprint density at radius 2 is 1.94 bits per heavy atom. The van der Waals surface area contributed by atoms with Gasteiger partial charge < -0.3 is 11.1 Å². The van der Waals surface area contributed by atoms with E-state index in [9.17, 15) is 0 Å². The molecule has 0 amide bonds. The van der Waals surface area contributed by atoms with Gasteiger partial charge >= 0.3 is 0 Å². The Kier molecular flexibility index (Phi) is 3.49. The molecule has 1 atom stereocenters. The Bertz CT molecular complexity index is 325. The summed E-state index contributed by atoms with van der Waals surface area (Å²) in [5.74, 6) is 0.658. The van der Waals surface area contributed by atoms with Crippen LogP contribution in [0.2, 0.25) is 0 Å². The van der Waals surface area contributed by atoms with Gasteiger partial charge in [0.15, 0.2) is 0 Å². The lowest BCUT2D eigenvalue weighted by molar-refractivity contribution is 0.373. The third-order valence-electron chi connectivity index (χ3n) is 3.64. The molecule has 1 aromatic rings. The Labute approximate surface area is 98.2 Å². The highest BCUT2D eigenvalue weighted by Crippen LogP contribution is 2.24. The molecule has 1 aliphatic rings. The van der Waals surface area contributed by atoms with Crippen LogP contribution < -0.4 is 11.1 Å². The normalized spacial score (nSPS) is 25.9. The van der Waals surface area contributed by atoms with Crippen molar-refractivity contribution in [1.82, 2.24) is 0 Å². The Balaban J connectivity index is 1.92. The van der Waals surface area contributed by atoms with Gasteiger partial charge in [0.1, 0.15) is 0 Å². The van der Waals surface area contributed by atoms with Gasteiger partial charge in [-0.15, -0.1) is 0 Å². The largest absolute Gasteiger partial charge is 0.382 e. The summed E-state index contributed by atoms with van der Waals surface area (Å²) in [6.45, 7) is 4.50. The lowest BCUT2D eigenvalue weighted by Crippen LogP contribution is -2.44. The fourth-order valence-electron chi connectivity index (χ4n) is 2.16. The molecule has 1 aromatic carbocycles. The highest BCUT2D eigenvalue weighted by Gasteiger charge is 2.25. The number of nitrogens with two attached hydrogens (primary N) is 1. The number of rotatable bonds is 4. The van der Waals surface area contributed by atoms with E-state index >= 15 is 0 Å². The molecule has 2 heteroatoms. The minimum absolute atomic E-state index is 0.414. The van der Waals surface area contributed by atoms with Crippen LogP contribution in [-0.2, 0) is 0 Å². The van der Waals surface area contributed by atoms with Crippen molar-refractivity contribution in [3.05, 3.63) is 29.8 Å². The molecule has 2 nitrogen and oxygen atoms in total. The quantitative estimate of drug-likeness (QED) is 0.815. The lowest BCUT2D eigenvalue weighted by atomic mass is 9.87. The van der Waals surface area contributed by atoms with Crippen LogP contribution in [-0.4, -0.2) is 12.1 Å². The Hall–Kier alpha value is -1.02. The summed E-state index contributed by atoms with van der Waals surface area (Å²) in [6, 6.07) is 9.84. The van der Waals surface area contributed by atoms with Gasteiger partial charge in [-0.3, -0.25) is 0 Å². The van der Waals surface area contributed by atoms with Crippen LogP contribution in [0.5, 0.6) is 0 Å². The molecule has 1 saturated carbocycles. The van der Waals surface area contributed by atoms with E-state index in [-0.39, 0.29) is 0 Å². The molecule has 1 unspecified atom stereocenters.